The van der Waals surface area contributed by atoms with Crippen molar-refractivity contribution >= 4 is 15.7 Å². The highest BCUT2D eigenvalue weighted by Gasteiger charge is 2.26. The summed E-state index contributed by atoms with van der Waals surface area (Å²) in [5.74, 6) is 0.0273. The van der Waals surface area contributed by atoms with E-state index in [1.54, 1.807) is 0 Å². The first kappa shape index (κ1) is 16.7. The van der Waals surface area contributed by atoms with Gasteiger partial charge in [-0.3, -0.25) is 10.1 Å². The summed E-state index contributed by atoms with van der Waals surface area (Å²) in [7, 11) is -2.51. The molecule has 1 saturated heterocycles. The number of methoxy groups -OCH3 is 1. The Bertz CT molecular complexity index is 662. The molecule has 1 aliphatic rings. The third kappa shape index (κ3) is 3.73. The van der Waals surface area contributed by atoms with Crippen LogP contribution in [0, 0.1) is 10.1 Å². The molecule has 0 radical (unpaired) electrons. The first-order chi connectivity index (χ1) is 10.3. The molecule has 1 heterocycles. The first-order valence-corrected chi connectivity index (χ1v) is 8.40. The van der Waals surface area contributed by atoms with Crippen LogP contribution in [0.1, 0.15) is 19.8 Å². The number of rotatable bonds is 5. The number of benzene rings is 1. The zero-order chi connectivity index (χ0) is 16.3. The van der Waals surface area contributed by atoms with Crippen LogP contribution in [0.4, 0.5) is 5.69 Å². The molecule has 2 N–H and O–H groups in total. The monoisotopic (exact) mass is 329 g/mol. The molecule has 1 aliphatic heterocycles. The molecule has 22 heavy (non-hydrogen) atoms. The van der Waals surface area contributed by atoms with Gasteiger partial charge < -0.3 is 10.1 Å². The lowest BCUT2D eigenvalue weighted by atomic mass is 10.0. The second-order valence-electron chi connectivity index (χ2n) is 5.29. The highest BCUT2D eigenvalue weighted by Crippen LogP contribution is 2.29. The minimum Gasteiger partial charge on any atom is -0.490 e. The fraction of sp³-hybridized carbons (Fsp3) is 0.538. The van der Waals surface area contributed by atoms with Gasteiger partial charge in [-0.15, -0.1) is 0 Å². The number of nitro benzene ring substituents is 1. The predicted octanol–water partition coefficient (Wildman–Crippen LogP) is 1.02. The minimum atomic E-state index is -3.80. The lowest BCUT2D eigenvalue weighted by Crippen LogP contribution is -2.46. The maximum absolute atomic E-state index is 12.4. The van der Waals surface area contributed by atoms with Crippen LogP contribution in [0.25, 0.3) is 0 Å². The third-order valence-electron chi connectivity index (χ3n) is 3.60. The van der Waals surface area contributed by atoms with Crippen molar-refractivity contribution in [1.82, 2.24) is 10.0 Å². The predicted molar refractivity (Wildman–Crippen MR) is 80.5 cm³/mol. The van der Waals surface area contributed by atoms with E-state index in [0.717, 1.165) is 12.6 Å². The Balaban J connectivity index is 2.25. The Morgan fingerprint density at radius 2 is 2.18 bits per heavy atom. The van der Waals surface area contributed by atoms with Gasteiger partial charge in [0.15, 0.2) is 5.75 Å². The molecular formula is C13H19N3O5S. The molecule has 8 nitrogen and oxygen atoms in total. The second kappa shape index (κ2) is 6.59. The summed E-state index contributed by atoms with van der Waals surface area (Å²) in [5, 5.41) is 14.2. The van der Waals surface area contributed by atoms with Gasteiger partial charge in [0.1, 0.15) is 0 Å². The lowest BCUT2D eigenvalue weighted by Gasteiger charge is -2.28. The third-order valence-corrected chi connectivity index (χ3v) is 5.12. The summed E-state index contributed by atoms with van der Waals surface area (Å²) in [6, 6.07) is 3.66. The van der Waals surface area contributed by atoms with Crippen molar-refractivity contribution in [2.24, 2.45) is 0 Å². The fourth-order valence-electron chi connectivity index (χ4n) is 2.51. The smallest absolute Gasteiger partial charge is 0.312 e. The molecule has 0 bridgehead atoms. The Morgan fingerprint density at radius 1 is 1.45 bits per heavy atom. The van der Waals surface area contributed by atoms with Gasteiger partial charge in [-0.25, -0.2) is 13.1 Å². The quantitative estimate of drug-likeness (QED) is 0.616. The van der Waals surface area contributed by atoms with Crippen molar-refractivity contribution < 1.29 is 18.1 Å². The highest BCUT2D eigenvalue weighted by molar-refractivity contribution is 7.89. The van der Waals surface area contributed by atoms with E-state index in [0.29, 0.717) is 12.8 Å². The minimum absolute atomic E-state index is 0.0273. The van der Waals surface area contributed by atoms with Crippen molar-refractivity contribution in [3.63, 3.8) is 0 Å². The second-order valence-corrected chi connectivity index (χ2v) is 7.00. The van der Waals surface area contributed by atoms with E-state index in [-0.39, 0.29) is 28.4 Å². The standard InChI is InChI=1S/C13H19N3O5S/c1-9-7-10(5-6-14-9)15-22(19,20)11-3-4-13(21-2)12(8-11)16(17)18/h3-4,8-10,14-15H,5-7H2,1-2H3. The molecule has 0 amide bonds. The van der Waals surface area contributed by atoms with Crippen LogP contribution in [0.3, 0.4) is 0 Å². The van der Waals surface area contributed by atoms with Crippen molar-refractivity contribution in [2.45, 2.75) is 36.7 Å². The van der Waals surface area contributed by atoms with Gasteiger partial charge in [0, 0.05) is 18.2 Å². The average Bonchev–Trinajstić information content (AvgIpc) is 2.46. The Labute approximate surface area is 129 Å². The number of hydrogen-bond donors (Lipinski definition) is 2. The van der Waals surface area contributed by atoms with Crippen molar-refractivity contribution in [2.75, 3.05) is 13.7 Å². The maximum Gasteiger partial charge on any atom is 0.312 e. The molecule has 2 unspecified atom stereocenters. The molecule has 2 rings (SSSR count). The van der Waals surface area contributed by atoms with Crippen LogP contribution in [0.15, 0.2) is 23.1 Å². The van der Waals surface area contributed by atoms with E-state index >= 15 is 0 Å². The maximum atomic E-state index is 12.4. The van der Waals surface area contributed by atoms with Crippen LogP contribution in [0.2, 0.25) is 0 Å². The van der Waals surface area contributed by atoms with Crippen LogP contribution in [-0.2, 0) is 10.0 Å². The highest BCUT2D eigenvalue weighted by atomic mass is 32.2. The van der Waals surface area contributed by atoms with Crippen LogP contribution < -0.4 is 14.8 Å². The normalized spacial score (nSPS) is 22.3. The molecule has 1 aromatic carbocycles. The number of ether oxygens (including phenoxy) is 1. The van der Waals surface area contributed by atoms with E-state index in [1.807, 2.05) is 6.92 Å². The van der Waals surface area contributed by atoms with Gasteiger partial charge in [-0.2, -0.15) is 0 Å². The van der Waals surface area contributed by atoms with E-state index in [2.05, 4.69) is 10.0 Å². The number of hydrogen-bond acceptors (Lipinski definition) is 6. The summed E-state index contributed by atoms with van der Waals surface area (Å²) in [4.78, 5) is 10.2. The van der Waals surface area contributed by atoms with Crippen LogP contribution >= 0.6 is 0 Å². The first-order valence-electron chi connectivity index (χ1n) is 6.91. The van der Waals surface area contributed by atoms with Crippen molar-refractivity contribution in [3.05, 3.63) is 28.3 Å². The summed E-state index contributed by atoms with van der Waals surface area (Å²) < 4.78 is 32.3. The molecule has 0 saturated carbocycles. The molecule has 9 heteroatoms. The van der Waals surface area contributed by atoms with Gasteiger partial charge in [0.25, 0.3) is 0 Å². The molecular weight excluding hydrogens is 310 g/mol. The molecule has 0 aromatic heterocycles. The summed E-state index contributed by atoms with van der Waals surface area (Å²) in [6.07, 6.45) is 1.36. The molecule has 1 aromatic rings. The van der Waals surface area contributed by atoms with E-state index in [4.69, 9.17) is 4.74 Å². The largest absolute Gasteiger partial charge is 0.490 e. The number of sulfonamides is 1. The Hall–Kier alpha value is -1.71. The average molecular weight is 329 g/mol. The molecule has 0 aliphatic carbocycles. The molecule has 122 valence electrons. The van der Waals surface area contributed by atoms with Gasteiger partial charge in [-0.05, 0) is 38.4 Å². The fourth-order valence-corrected chi connectivity index (χ4v) is 3.81. The van der Waals surface area contributed by atoms with Crippen molar-refractivity contribution in [1.29, 1.82) is 0 Å². The summed E-state index contributed by atoms with van der Waals surface area (Å²) >= 11 is 0. The topological polar surface area (TPSA) is 111 Å². The summed E-state index contributed by atoms with van der Waals surface area (Å²) in [5.41, 5.74) is -0.371. The van der Waals surface area contributed by atoms with E-state index < -0.39 is 14.9 Å². The molecule has 0 spiro atoms. The van der Waals surface area contributed by atoms with E-state index in [1.165, 1.54) is 19.2 Å². The number of piperidine rings is 1. The zero-order valence-electron chi connectivity index (χ0n) is 12.4. The Kier molecular flexibility index (Phi) is 4.99. The van der Waals surface area contributed by atoms with Gasteiger partial charge in [0.05, 0.1) is 16.9 Å². The number of nitrogens with one attached hydrogen (secondary N) is 2. The van der Waals surface area contributed by atoms with Crippen molar-refractivity contribution in [3.8, 4) is 5.75 Å². The van der Waals surface area contributed by atoms with Crippen LogP contribution in [-0.4, -0.2) is 39.1 Å². The zero-order valence-corrected chi connectivity index (χ0v) is 13.2. The van der Waals surface area contributed by atoms with Gasteiger partial charge in [0.2, 0.25) is 10.0 Å². The van der Waals surface area contributed by atoms with Crippen LogP contribution in [0.5, 0.6) is 5.75 Å². The molecule has 1 fully saturated rings. The lowest BCUT2D eigenvalue weighted by molar-refractivity contribution is -0.386. The number of nitrogens with zero attached hydrogens (tertiary/aromatic N) is 1. The Morgan fingerprint density at radius 3 is 2.77 bits per heavy atom. The van der Waals surface area contributed by atoms with Gasteiger partial charge >= 0.3 is 5.69 Å². The SMILES string of the molecule is COc1ccc(S(=O)(=O)NC2CCNC(C)C2)cc1[N+](=O)[O-]. The van der Waals surface area contributed by atoms with E-state index in [9.17, 15) is 18.5 Å². The number of nitro groups is 1. The summed E-state index contributed by atoms with van der Waals surface area (Å²) in [6.45, 7) is 2.72. The molecule has 2 atom stereocenters. The van der Waals surface area contributed by atoms with Gasteiger partial charge in [-0.1, -0.05) is 0 Å².